The number of ether oxygens (including phenoxy) is 1. The van der Waals surface area contributed by atoms with Crippen molar-refractivity contribution in [3.05, 3.63) is 29.6 Å². The lowest BCUT2D eigenvalue weighted by Gasteiger charge is -2.19. The van der Waals surface area contributed by atoms with E-state index in [1.165, 1.54) is 0 Å². The summed E-state index contributed by atoms with van der Waals surface area (Å²) in [6.07, 6.45) is -0.386. The van der Waals surface area contributed by atoms with Gasteiger partial charge in [-0.2, -0.15) is 0 Å². The van der Waals surface area contributed by atoms with Gasteiger partial charge in [0, 0.05) is 25.3 Å². The molecule has 0 saturated carbocycles. The Kier molecular flexibility index (Phi) is 5.76. The fourth-order valence-electron chi connectivity index (χ4n) is 1.48. The van der Waals surface area contributed by atoms with Crippen LogP contribution in [0.4, 0.5) is 4.79 Å². The van der Waals surface area contributed by atoms with Gasteiger partial charge >= 0.3 is 6.09 Å². The largest absolute Gasteiger partial charge is 0.444 e. The number of hydrogen-bond donors (Lipinski definition) is 2. The summed E-state index contributed by atoms with van der Waals surface area (Å²) in [6, 6.07) is 5.92. The van der Waals surface area contributed by atoms with Gasteiger partial charge in [0.1, 0.15) is 5.60 Å². The van der Waals surface area contributed by atoms with E-state index in [2.05, 4.69) is 15.6 Å². The van der Waals surface area contributed by atoms with Crippen LogP contribution in [-0.2, 0) is 11.3 Å². The van der Waals surface area contributed by atoms with E-state index in [1.807, 2.05) is 45.9 Å². The molecule has 0 bridgehead atoms. The van der Waals surface area contributed by atoms with Gasteiger partial charge < -0.3 is 15.4 Å². The molecule has 2 N–H and O–H groups in total. The highest BCUT2D eigenvalue weighted by atomic mass is 16.6. The number of aromatic nitrogens is 1. The van der Waals surface area contributed by atoms with Gasteiger partial charge in [0.05, 0.1) is 5.69 Å². The first-order valence-corrected chi connectivity index (χ1v) is 6.47. The first-order valence-electron chi connectivity index (χ1n) is 6.47. The average molecular weight is 265 g/mol. The number of carbonyl (C=O) groups excluding carboxylic acids is 1. The normalized spacial score (nSPS) is 11.2. The molecular formula is C14H23N3O2. The van der Waals surface area contributed by atoms with Crippen LogP contribution in [0.2, 0.25) is 0 Å². The Morgan fingerprint density at radius 3 is 2.68 bits per heavy atom. The van der Waals surface area contributed by atoms with Gasteiger partial charge in [0.25, 0.3) is 0 Å². The van der Waals surface area contributed by atoms with Gasteiger partial charge in [-0.1, -0.05) is 6.07 Å². The van der Waals surface area contributed by atoms with Crippen LogP contribution in [0.15, 0.2) is 18.2 Å². The van der Waals surface area contributed by atoms with Crippen LogP contribution in [0.1, 0.15) is 32.2 Å². The van der Waals surface area contributed by atoms with E-state index in [1.54, 1.807) is 0 Å². The molecule has 1 aromatic rings. The third-order valence-corrected chi connectivity index (χ3v) is 2.22. The molecule has 0 spiro atoms. The lowest BCUT2D eigenvalue weighted by Crippen LogP contribution is -2.36. The molecule has 5 nitrogen and oxygen atoms in total. The van der Waals surface area contributed by atoms with Crippen LogP contribution in [0.3, 0.4) is 0 Å². The van der Waals surface area contributed by atoms with Crippen molar-refractivity contribution in [1.82, 2.24) is 15.6 Å². The van der Waals surface area contributed by atoms with Crippen molar-refractivity contribution >= 4 is 6.09 Å². The zero-order valence-electron chi connectivity index (χ0n) is 12.1. The summed E-state index contributed by atoms with van der Waals surface area (Å²) in [5.41, 5.74) is 1.55. The molecule has 0 fully saturated rings. The maximum atomic E-state index is 11.4. The second-order valence-corrected chi connectivity index (χ2v) is 5.38. The van der Waals surface area contributed by atoms with E-state index in [-0.39, 0.29) is 6.09 Å². The number of amides is 1. The summed E-state index contributed by atoms with van der Waals surface area (Å²) in [5.74, 6) is 0. The molecule has 1 amide bonds. The third kappa shape index (κ3) is 7.41. The lowest BCUT2D eigenvalue weighted by atomic mass is 10.2. The van der Waals surface area contributed by atoms with Gasteiger partial charge in [0.2, 0.25) is 0 Å². The van der Waals surface area contributed by atoms with Crippen molar-refractivity contribution in [1.29, 1.82) is 0 Å². The Bertz CT molecular complexity index is 413. The van der Waals surface area contributed by atoms with Crippen LogP contribution >= 0.6 is 0 Å². The molecule has 5 heteroatoms. The number of carbonyl (C=O) groups is 1. The van der Waals surface area contributed by atoms with Crippen molar-refractivity contribution in [3.8, 4) is 0 Å². The molecule has 0 aliphatic rings. The van der Waals surface area contributed by atoms with Crippen molar-refractivity contribution in [2.75, 3.05) is 13.1 Å². The van der Waals surface area contributed by atoms with E-state index >= 15 is 0 Å². The molecule has 106 valence electrons. The summed E-state index contributed by atoms with van der Waals surface area (Å²) in [7, 11) is 0. The minimum absolute atomic E-state index is 0.386. The zero-order chi connectivity index (χ0) is 14.3. The van der Waals surface area contributed by atoms with E-state index in [9.17, 15) is 4.79 Å². The molecule has 1 aromatic heterocycles. The molecular weight excluding hydrogens is 242 g/mol. The second-order valence-electron chi connectivity index (χ2n) is 5.38. The number of pyridine rings is 1. The molecule has 0 unspecified atom stereocenters. The molecule has 0 aromatic carbocycles. The second kappa shape index (κ2) is 7.09. The molecule has 0 saturated heterocycles. The van der Waals surface area contributed by atoms with Crippen LogP contribution in [0.25, 0.3) is 0 Å². The molecule has 0 radical (unpaired) electrons. The van der Waals surface area contributed by atoms with E-state index in [0.717, 1.165) is 11.4 Å². The van der Waals surface area contributed by atoms with Gasteiger partial charge in [-0.3, -0.25) is 4.98 Å². The maximum absolute atomic E-state index is 11.4. The minimum atomic E-state index is -0.455. The number of alkyl carbamates (subject to hydrolysis) is 1. The molecule has 0 aliphatic heterocycles. The maximum Gasteiger partial charge on any atom is 0.407 e. The van der Waals surface area contributed by atoms with Crippen LogP contribution < -0.4 is 10.6 Å². The number of aryl methyl sites for hydroxylation is 1. The smallest absolute Gasteiger partial charge is 0.407 e. The topological polar surface area (TPSA) is 63.2 Å². The first kappa shape index (κ1) is 15.4. The van der Waals surface area contributed by atoms with Crippen molar-refractivity contribution in [3.63, 3.8) is 0 Å². The van der Waals surface area contributed by atoms with Crippen molar-refractivity contribution in [2.45, 2.75) is 39.8 Å². The number of rotatable bonds is 5. The fourth-order valence-corrected chi connectivity index (χ4v) is 1.48. The van der Waals surface area contributed by atoms with Crippen LogP contribution in [0, 0.1) is 6.92 Å². The quantitative estimate of drug-likeness (QED) is 0.799. The molecule has 0 aliphatic carbocycles. The number of nitrogens with one attached hydrogen (secondary N) is 2. The predicted octanol–water partition coefficient (Wildman–Crippen LogP) is 2.00. The highest BCUT2D eigenvalue weighted by molar-refractivity contribution is 5.67. The number of nitrogens with zero attached hydrogens (tertiary/aromatic N) is 1. The van der Waals surface area contributed by atoms with Gasteiger partial charge in [-0.25, -0.2) is 4.79 Å². The summed E-state index contributed by atoms with van der Waals surface area (Å²) in [4.78, 5) is 15.7. The number of hydrogen-bond acceptors (Lipinski definition) is 4. The predicted molar refractivity (Wildman–Crippen MR) is 74.9 cm³/mol. The molecule has 0 atom stereocenters. The highest BCUT2D eigenvalue weighted by Crippen LogP contribution is 2.05. The molecule has 1 heterocycles. The average Bonchev–Trinajstić information content (AvgIpc) is 2.26. The Hall–Kier alpha value is -1.62. The Morgan fingerprint density at radius 1 is 1.32 bits per heavy atom. The Balaban J connectivity index is 2.13. The van der Waals surface area contributed by atoms with Crippen LogP contribution in [-0.4, -0.2) is 29.8 Å². The lowest BCUT2D eigenvalue weighted by molar-refractivity contribution is 0.0528. The van der Waals surface area contributed by atoms with Crippen LogP contribution in [0.5, 0.6) is 0 Å². The van der Waals surface area contributed by atoms with E-state index in [4.69, 9.17) is 4.74 Å². The monoisotopic (exact) mass is 265 g/mol. The Morgan fingerprint density at radius 2 is 2.05 bits per heavy atom. The fraction of sp³-hybridized carbons (Fsp3) is 0.571. The molecule has 1 rings (SSSR count). The van der Waals surface area contributed by atoms with Gasteiger partial charge in [-0.05, 0) is 39.8 Å². The summed E-state index contributed by atoms with van der Waals surface area (Å²) >= 11 is 0. The minimum Gasteiger partial charge on any atom is -0.444 e. The van der Waals surface area contributed by atoms with Crippen molar-refractivity contribution < 1.29 is 9.53 Å². The van der Waals surface area contributed by atoms with Crippen molar-refractivity contribution in [2.24, 2.45) is 0 Å². The van der Waals surface area contributed by atoms with E-state index in [0.29, 0.717) is 19.6 Å². The third-order valence-electron chi connectivity index (χ3n) is 2.22. The zero-order valence-corrected chi connectivity index (χ0v) is 12.1. The highest BCUT2D eigenvalue weighted by Gasteiger charge is 2.15. The van der Waals surface area contributed by atoms with Gasteiger partial charge in [0.15, 0.2) is 0 Å². The van der Waals surface area contributed by atoms with E-state index < -0.39 is 5.60 Å². The summed E-state index contributed by atoms with van der Waals surface area (Å²) in [6.45, 7) is 9.39. The standard InChI is InChI=1S/C14H23N3O2/c1-11-6-5-7-12(17-11)10-15-8-9-16-13(18)19-14(2,3)4/h5-7,15H,8-10H2,1-4H3,(H,16,18). The first-order chi connectivity index (χ1) is 8.87. The Labute approximate surface area is 114 Å². The van der Waals surface area contributed by atoms with Gasteiger partial charge in [-0.15, -0.1) is 0 Å². The summed E-state index contributed by atoms with van der Waals surface area (Å²) in [5, 5.41) is 5.91. The summed E-state index contributed by atoms with van der Waals surface area (Å²) < 4.78 is 5.13. The molecule has 19 heavy (non-hydrogen) atoms. The SMILES string of the molecule is Cc1cccc(CNCCNC(=O)OC(C)(C)C)n1.